The minimum Gasteiger partial charge on any atom is -0.488 e. The molecular formula is C14H23FN2O2. The maximum Gasteiger partial charge on any atom is 0.167 e. The molecule has 1 aromatic carbocycles. The summed E-state index contributed by atoms with van der Waals surface area (Å²) in [5.74, 6) is -0.280. The van der Waals surface area contributed by atoms with Gasteiger partial charge >= 0.3 is 0 Å². The second-order valence-electron chi connectivity index (χ2n) is 4.80. The van der Waals surface area contributed by atoms with Gasteiger partial charge in [-0.2, -0.15) is 0 Å². The Morgan fingerprint density at radius 1 is 1.42 bits per heavy atom. The second kappa shape index (κ2) is 7.19. The number of halogens is 1. The minimum absolute atomic E-state index is 0.0992. The van der Waals surface area contributed by atoms with Gasteiger partial charge < -0.3 is 20.9 Å². The molecule has 0 spiro atoms. The first-order valence-corrected chi connectivity index (χ1v) is 6.61. The number of nitrogen functional groups attached to an aromatic ring is 1. The average molecular weight is 270 g/mol. The molecule has 0 aliphatic rings. The number of anilines is 2. The molecule has 0 amide bonds. The summed E-state index contributed by atoms with van der Waals surface area (Å²) < 4.78 is 19.1. The van der Waals surface area contributed by atoms with E-state index in [1.807, 2.05) is 20.8 Å². The Bertz CT molecular complexity index is 411. The van der Waals surface area contributed by atoms with Crippen LogP contribution < -0.4 is 15.8 Å². The highest BCUT2D eigenvalue weighted by atomic mass is 19.1. The van der Waals surface area contributed by atoms with Crippen LogP contribution in [0.5, 0.6) is 5.75 Å². The van der Waals surface area contributed by atoms with E-state index in [0.29, 0.717) is 17.8 Å². The van der Waals surface area contributed by atoms with Crippen molar-refractivity contribution < 1.29 is 14.2 Å². The molecule has 4 nitrogen and oxygen atoms in total. The predicted octanol–water partition coefficient (Wildman–Crippen LogP) is 2.77. The molecule has 4 N–H and O–H groups in total. The molecule has 0 fully saturated rings. The number of nitrogens with two attached hydrogens (primary N) is 1. The smallest absolute Gasteiger partial charge is 0.167 e. The third-order valence-corrected chi connectivity index (χ3v) is 2.80. The monoisotopic (exact) mass is 270 g/mol. The van der Waals surface area contributed by atoms with Crippen LogP contribution in [0.4, 0.5) is 15.8 Å². The van der Waals surface area contributed by atoms with Gasteiger partial charge in [0.05, 0.1) is 17.5 Å². The SMILES string of the molecule is CCC(CCO)Nc1cc(OC(C)C)c(F)cc1N. The highest BCUT2D eigenvalue weighted by Crippen LogP contribution is 2.29. The normalized spacial score (nSPS) is 12.5. The van der Waals surface area contributed by atoms with Crippen LogP contribution in [-0.4, -0.2) is 23.9 Å². The number of aliphatic hydroxyl groups is 1. The van der Waals surface area contributed by atoms with E-state index in [2.05, 4.69) is 5.32 Å². The molecule has 0 aliphatic heterocycles. The van der Waals surface area contributed by atoms with Gasteiger partial charge in [0, 0.05) is 24.8 Å². The third kappa shape index (κ3) is 4.59. The Balaban J connectivity index is 2.93. The number of ether oxygens (including phenoxy) is 1. The van der Waals surface area contributed by atoms with Crippen molar-refractivity contribution in [2.75, 3.05) is 17.7 Å². The second-order valence-corrected chi connectivity index (χ2v) is 4.80. The van der Waals surface area contributed by atoms with E-state index in [-0.39, 0.29) is 24.5 Å². The Hall–Kier alpha value is -1.49. The van der Waals surface area contributed by atoms with Crippen LogP contribution >= 0.6 is 0 Å². The van der Waals surface area contributed by atoms with Gasteiger partial charge in [0.2, 0.25) is 0 Å². The summed E-state index contributed by atoms with van der Waals surface area (Å²) in [5.41, 5.74) is 6.77. The van der Waals surface area contributed by atoms with Crippen molar-refractivity contribution >= 4 is 11.4 Å². The van der Waals surface area contributed by atoms with Crippen molar-refractivity contribution in [1.29, 1.82) is 0 Å². The number of hydrogen-bond acceptors (Lipinski definition) is 4. The highest BCUT2D eigenvalue weighted by Gasteiger charge is 2.13. The average Bonchev–Trinajstić information content (AvgIpc) is 2.33. The van der Waals surface area contributed by atoms with Crippen LogP contribution in [0.3, 0.4) is 0 Å². The van der Waals surface area contributed by atoms with Crippen LogP contribution in [-0.2, 0) is 0 Å². The zero-order chi connectivity index (χ0) is 14.4. The highest BCUT2D eigenvalue weighted by molar-refractivity contribution is 5.69. The van der Waals surface area contributed by atoms with Gasteiger partial charge in [0.1, 0.15) is 0 Å². The summed E-state index contributed by atoms with van der Waals surface area (Å²) in [5, 5.41) is 12.2. The maximum atomic E-state index is 13.7. The lowest BCUT2D eigenvalue weighted by Gasteiger charge is -2.20. The molecule has 1 rings (SSSR count). The first-order valence-electron chi connectivity index (χ1n) is 6.61. The molecule has 19 heavy (non-hydrogen) atoms. The van der Waals surface area contributed by atoms with Gasteiger partial charge in [-0.05, 0) is 26.7 Å². The topological polar surface area (TPSA) is 67.5 Å². The molecule has 1 unspecified atom stereocenters. The number of hydrogen-bond donors (Lipinski definition) is 3. The van der Waals surface area contributed by atoms with E-state index in [0.717, 1.165) is 6.42 Å². The van der Waals surface area contributed by atoms with Crippen molar-refractivity contribution in [1.82, 2.24) is 0 Å². The fraction of sp³-hybridized carbons (Fsp3) is 0.571. The molecular weight excluding hydrogens is 247 g/mol. The number of rotatable bonds is 7. The van der Waals surface area contributed by atoms with E-state index < -0.39 is 5.82 Å². The molecule has 1 atom stereocenters. The molecule has 0 heterocycles. The molecule has 0 aromatic heterocycles. The van der Waals surface area contributed by atoms with E-state index in [4.69, 9.17) is 15.6 Å². The van der Waals surface area contributed by atoms with E-state index in [9.17, 15) is 4.39 Å². The molecule has 0 bridgehead atoms. The zero-order valence-corrected chi connectivity index (χ0v) is 11.7. The summed E-state index contributed by atoms with van der Waals surface area (Å²) in [6, 6.07) is 2.93. The van der Waals surface area contributed by atoms with Crippen LogP contribution in [0.25, 0.3) is 0 Å². The van der Waals surface area contributed by atoms with Gasteiger partial charge in [-0.25, -0.2) is 4.39 Å². The quantitative estimate of drug-likeness (QED) is 0.666. The molecule has 0 aliphatic carbocycles. The van der Waals surface area contributed by atoms with Gasteiger partial charge in [-0.15, -0.1) is 0 Å². The van der Waals surface area contributed by atoms with Crippen LogP contribution in [0.15, 0.2) is 12.1 Å². The Kier molecular flexibility index (Phi) is 5.89. The van der Waals surface area contributed by atoms with E-state index in [1.54, 1.807) is 6.07 Å². The lowest BCUT2D eigenvalue weighted by atomic mass is 10.1. The molecule has 5 heteroatoms. The Labute approximate surface area is 113 Å². The van der Waals surface area contributed by atoms with Crippen molar-refractivity contribution in [2.45, 2.75) is 45.8 Å². The lowest BCUT2D eigenvalue weighted by Crippen LogP contribution is -2.21. The summed E-state index contributed by atoms with van der Waals surface area (Å²) >= 11 is 0. The summed E-state index contributed by atoms with van der Waals surface area (Å²) in [6.07, 6.45) is 1.36. The Morgan fingerprint density at radius 3 is 2.63 bits per heavy atom. The third-order valence-electron chi connectivity index (χ3n) is 2.80. The maximum absolute atomic E-state index is 13.7. The molecule has 0 radical (unpaired) electrons. The molecule has 0 saturated carbocycles. The number of aliphatic hydroxyl groups excluding tert-OH is 1. The molecule has 1 aromatic rings. The predicted molar refractivity (Wildman–Crippen MR) is 76.0 cm³/mol. The van der Waals surface area contributed by atoms with Crippen molar-refractivity contribution in [3.8, 4) is 5.75 Å². The Morgan fingerprint density at radius 2 is 2.11 bits per heavy atom. The molecule has 0 saturated heterocycles. The summed E-state index contributed by atoms with van der Waals surface area (Å²) in [4.78, 5) is 0. The number of benzene rings is 1. The lowest BCUT2D eigenvalue weighted by molar-refractivity contribution is 0.231. The van der Waals surface area contributed by atoms with Gasteiger partial charge in [0.25, 0.3) is 0 Å². The largest absolute Gasteiger partial charge is 0.488 e. The standard InChI is InChI=1S/C14H23FN2O2/c1-4-10(5-6-18)17-13-8-14(19-9(2)3)11(15)7-12(13)16/h7-10,17-18H,4-6,16H2,1-3H3. The van der Waals surface area contributed by atoms with Gasteiger partial charge in [-0.3, -0.25) is 0 Å². The van der Waals surface area contributed by atoms with E-state index >= 15 is 0 Å². The van der Waals surface area contributed by atoms with Crippen LogP contribution in [0.1, 0.15) is 33.6 Å². The summed E-state index contributed by atoms with van der Waals surface area (Å²) in [6.45, 7) is 5.79. The van der Waals surface area contributed by atoms with Crippen molar-refractivity contribution in [3.05, 3.63) is 17.9 Å². The first-order chi connectivity index (χ1) is 8.97. The minimum atomic E-state index is -0.466. The van der Waals surface area contributed by atoms with Crippen LogP contribution in [0, 0.1) is 5.82 Å². The summed E-state index contributed by atoms with van der Waals surface area (Å²) in [7, 11) is 0. The van der Waals surface area contributed by atoms with Gasteiger partial charge in [-0.1, -0.05) is 6.92 Å². The van der Waals surface area contributed by atoms with E-state index in [1.165, 1.54) is 6.07 Å². The fourth-order valence-electron chi connectivity index (χ4n) is 1.79. The van der Waals surface area contributed by atoms with Crippen molar-refractivity contribution in [3.63, 3.8) is 0 Å². The first kappa shape index (κ1) is 15.6. The number of nitrogens with one attached hydrogen (secondary N) is 1. The van der Waals surface area contributed by atoms with Gasteiger partial charge in [0.15, 0.2) is 11.6 Å². The van der Waals surface area contributed by atoms with Crippen molar-refractivity contribution in [2.24, 2.45) is 0 Å². The fourth-order valence-corrected chi connectivity index (χ4v) is 1.79. The van der Waals surface area contributed by atoms with Crippen LogP contribution in [0.2, 0.25) is 0 Å². The molecule has 108 valence electrons. The zero-order valence-electron chi connectivity index (χ0n) is 11.7.